The molecule has 0 spiro atoms. The van der Waals surface area contributed by atoms with Crippen LogP contribution in [-0.2, 0) is 33.8 Å². The molecule has 3 atom stereocenters. The van der Waals surface area contributed by atoms with Crippen LogP contribution in [0.1, 0.15) is 50.1 Å². The first-order valence-electron chi connectivity index (χ1n) is 10.8. The summed E-state index contributed by atoms with van der Waals surface area (Å²) in [6, 6.07) is 4.63. The van der Waals surface area contributed by atoms with E-state index in [0.29, 0.717) is 31.5 Å². The lowest BCUT2D eigenvalue weighted by Gasteiger charge is -2.28. The average Bonchev–Trinajstić information content (AvgIpc) is 3.39. The van der Waals surface area contributed by atoms with E-state index in [1.165, 1.54) is 6.33 Å². The van der Waals surface area contributed by atoms with Crippen molar-refractivity contribution < 1.29 is 14.4 Å². The topological polar surface area (TPSA) is 120 Å². The van der Waals surface area contributed by atoms with Gasteiger partial charge in [-0.3, -0.25) is 24.4 Å². The maximum atomic E-state index is 13.5. The van der Waals surface area contributed by atoms with Crippen LogP contribution in [0.15, 0.2) is 24.5 Å². The fourth-order valence-electron chi connectivity index (χ4n) is 4.29. The van der Waals surface area contributed by atoms with E-state index in [-0.39, 0.29) is 30.2 Å². The lowest BCUT2D eigenvalue weighted by Crippen LogP contribution is -2.54. The molecule has 3 N–H and O–H groups in total. The summed E-state index contributed by atoms with van der Waals surface area (Å²) in [4.78, 5) is 44.6. The van der Waals surface area contributed by atoms with Crippen molar-refractivity contribution in [1.82, 2.24) is 25.8 Å². The molecule has 3 amide bonds. The number of aromatic amines is 1. The number of hydrogen-bond donors (Lipinski definition) is 3. The molecule has 31 heavy (non-hydrogen) atoms. The van der Waals surface area contributed by atoms with Crippen molar-refractivity contribution >= 4 is 23.4 Å². The number of H-pyrrole nitrogens is 1. The van der Waals surface area contributed by atoms with E-state index >= 15 is 0 Å². The third-order valence-corrected chi connectivity index (χ3v) is 6.17. The monoisotopic (exact) mass is 424 g/mol. The molecule has 0 bridgehead atoms. The molecule has 1 aromatic heterocycles. The van der Waals surface area contributed by atoms with Crippen LogP contribution in [0, 0.1) is 5.92 Å². The third kappa shape index (κ3) is 4.30. The highest BCUT2D eigenvalue weighted by molar-refractivity contribution is 6.07. The summed E-state index contributed by atoms with van der Waals surface area (Å²) < 4.78 is 0. The number of rotatable bonds is 7. The van der Waals surface area contributed by atoms with Gasteiger partial charge >= 0.3 is 0 Å². The lowest BCUT2D eigenvalue weighted by molar-refractivity contribution is -0.129. The molecule has 0 radical (unpaired) electrons. The number of hydrogen-bond acceptors (Lipinski definition) is 5. The number of benzene rings is 1. The van der Waals surface area contributed by atoms with Gasteiger partial charge in [0.15, 0.2) is 0 Å². The highest BCUT2D eigenvalue weighted by Crippen LogP contribution is 2.39. The largest absolute Gasteiger partial charge is 0.347 e. The van der Waals surface area contributed by atoms with Crippen molar-refractivity contribution in [3.05, 3.63) is 41.5 Å². The second-order valence-corrected chi connectivity index (χ2v) is 8.38. The van der Waals surface area contributed by atoms with Crippen molar-refractivity contribution in [2.45, 2.75) is 64.6 Å². The van der Waals surface area contributed by atoms with Crippen molar-refractivity contribution in [2.24, 2.45) is 5.92 Å². The van der Waals surface area contributed by atoms with E-state index in [0.717, 1.165) is 23.2 Å². The quantitative estimate of drug-likeness (QED) is 0.618. The number of amides is 3. The van der Waals surface area contributed by atoms with Crippen LogP contribution in [0.5, 0.6) is 0 Å². The van der Waals surface area contributed by atoms with Crippen molar-refractivity contribution in [3.8, 4) is 0 Å². The molecule has 0 saturated heterocycles. The van der Waals surface area contributed by atoms with E-state index in [2.05, 4.69) is 25.8 Å². The average molecular weight is 425 g/mol. The Morgan fingerprint density at radius 1 is 1.32 bits per heavy atom. The number of aryl methyl sites for hydroxylation is 1. The third-order valence-electron chi connectivity index (χ3n) is 6.17. The second kappa shape index (κ2) is 8.87. The zero-order valence-corrected chi connectivity index (χ0v) is 17.9. The van der Waals surface area contributed by atoms with Gasteiger partial charge < -0.3 is 10.6 Å². The van der Waals surface area contributed by atoms with Gasteiger partial charge in [-0.2, -0.15) is 5.10 Å². The minimum atomic E-state index is -0.654. The standard InChI is InChI=1S/C22H28N6O3/c1-3-13(2)9-19(29)26-16-8-7-14-5-4-6-15-10-17(28(20(14)15)22(16)31)21(30)23-11-18-24-12-25-27-18/h4-6,12-13,16-17H,3,7-11H2,1-2H3,(H,23,30)(H,26,29)(H,24,25,27)/t13-,16-,17-/m0/s1. The molecular formula is C22H28N6O3. The first-order chi connectivity index (χ1) is 15.0. The molecule has 0 unspecified atom stereocenters. The van der Waals surface area contributed by atoms with E-state index in [1.807, 2.05) is 32.0 Å². The van der Waals surface area contributed by atoms with Crippen LogP contribution in [0.4, 0.5) is 5.69 Å². The molecule has 1 aromatic carbocycles. The minimum Gasteiger partial charge on any atom is -0.347 e. The van der Waals surface area contributed by atoms with Gasteiger partial charge in [0.1, 0.15) is 24.2 Å². The fraction of sp³-hybridized carbons (Fsp3) is 0.500. The summed E-state index contributed by atoms with van der Waals surface area (Å²) in [6.07, 6.45) is 4.31. The molecule has 0 aliphatic carbocycles. The van der Waals surface area contributed by atoms with Gasteiger partial charge in [-0.05, 0) is 29.9 Å². The van der Waals surface area contributed by atoms with E-state index in [9.17, 15) is 14.4 Å². The maximum Gasteiger partial charge on any atom is 0.250 e. The van der Waals surface area contributed by atoms with Gasteiger partial charge in [0.05, 0.1) is 12.2 Å². The molecule has 9 nitrogen and oxygen atoms in total. The normalized spacial score (nSPS) is 20.7. The van der Waals surface area contributed by atoms with Crippen molar-refractivity contribution in [2.75, 3.05) is 4.90 Å². The summed E-state index contributed by atoms with van der Waals surface area (Å²) in [5.74, 6) is 0.205. The van der Waals surface area contributed by atoms with Crippen LogP contribution in [0.25, 0.3) is 0 Å². The Hall–Kier alpha value is -3.23. The smallest absolute Gasteiger partial charge is 0.250 e. The van der Waals surface area contributed by atoms with Crippen molar-refractivity contribution in [1.29, 1.82) is 0 Å². The van der Waals surface area contributed by atoms with Crippen LogP contribution < -0.4 is 15.5 Å². The number of nitrogens with one attached hydrogen (secondary N) is 3. The molecule has 9 heteroatoms. The molecule has 4 rings (SSSR count). The minimum absolute atomic E-state index is 0.121. The predicted molar refractivity (Wildman–Crippen MR) is 114 cm³/mol. The lowest BCUT2D eigenvalue weighted by atomic mass is 10.0. The number of anilines is 1. The Bertz CT molecular complexity index is 974. The number of para-hydroxylation sites is 1. The first kappa shape index (κ1) is 21.0. The molecule has 2 aromatic rings. The Balaban J connectivity index is 1.55. The van der Waals surface area contributed by atoms with E-state index in [4.69, 9.17) is 0 Å². The van der Waals surface area contributed by atoms with E-state index < -0.39 is 12.1 Å². The second-order valence-electron chi connectivity index (χ2n) is 8.38. The van der Waals surface area contributed by atoms with Gasteiger partial charge in [0.2, 0.25) is 17.7 Å². The van der Waals surface area contributed by atoms with Crippen LogP contribution in [0.2, 0.25) is 0 Å². The first-order valence-corrected chi connectivity index (χ1v) is 10.8. The van der Waals surface area contributed by atoms with Gasteiger partial charge in [-0.15, -0.1) is 0 Å². The number of nitrogens with zero attached hydrogens (tertiary/aromatic N) is 3. The summed E-state index contributed by atoms with van der Waals surface area (Å²) in [5.41, 5.74) is 2.85. The Labute approximate surface area is 181 Å². The Kier molecular flexibility index (Phi) is 6.01. The maximum absolute atomic E-state index is 13.5. The van der Waals surface area contributed by atoms with Gasteiger partial charge in [0, 0.05) is 12.8 Å². The van der Waals surface area contributed by atoms with E-state index in [1.54, 1.807) is 4.90 Å². The summed E-state index contributed by atoms with van der Waals surface area (Å²) in [7, 11) is 0. The summed E-state index contributed by atoms with van der Waals surface area (Å²) in [5, 5.41) is 12.3. The zero-order chi connectivity index (χ0) is 22.0. The molecule has 0 fully saturated rings. The molecule has 164 valence electrons. The van der Waals surface area contributed by atoms with Crippen molar-refractivity contribution in [3.63, 3.8) is 0 Å². The van der Waals surface area contributed by atoms with Gasteiger partial charge in [-0.25, -0.2) is 4.98 Å². The highest BCUT2D eigenvalue weighted by atomic mass is 16.2. The molecule has 3 heterocycles. The molecule has 2 aliphatic heterocycles. The fourth-order valence-corrected chi connectivity index (χ4v) is 4.29. The molecule has 0 saturated carbocycles. The molecule has 2 aliphatic rings. The number of carbonyl (C=O) groups excluding carboxylic acids is 3. The Morgan fingerprint density at radius 3 is 2.87 bits per heavy atom. The number of carbonyl (C=O) groups is 3. The SMILES string of the molecule is CC[C@H](C)CC(=O)N[C@H]1CCc2cccc3c2N(C1=O)[C@H](C(=O)NCc1ncn[nH]1)C3. The van der Waals surface area contributed by atoms with Gasteiger partial charge in [-0.1, -0.05) is 38.5 Å². The summed E-state index contributed by atoms with van der Waals surface area (Å²) >= 11 is 0. The zero-order valence-electron chi connectivity index (χ0n) is 17.9. The number of aromatic nitrogens is 3. The van der Waals surface area contributed by atoms with Crippen LogP contribution in [-0.4, -0.2) is 45.0 Å². The highest BCUT2D eigenvalue weighted by Gasteiger charge is 2.43. The summed E-state index contributed by atoms with van der Waals surface area (Å²) in [6.45, 7) is 4.26. The Morgan fingerprint density at radius 2 is 2.13 bits per heavy atom. The van der Waals surface area contributed by atoms with Crippen LogP contribution >= 0.6 is 0 Å². The molecular weight excluding hydrogens is 396 g/mol. The van der Waals surface area contributed by atoms with Crippen LogP contribution in [0.3, 0.4) is 0 Å². The predicted octanol–water partition coefficient (Wildman–Crippen LogP) is 1.25. The van der Waals surface area contributed by atoms with Gasteiger partial charge in [0.25, 0.3) is 0 Å².